The van der Waals surface area contributed by atoms with Crippen LogP contribution >= 0.6 is 11.3 Å². The Labute approximate surface area is 240 Å². The molecule has 6 rings (SSSR count). The zero-order chi connectivity index (χ0) is 28.7. The minimum absolute atomic E-state index is 0.0623. The first-order valence-electron chi connectivity index (χ1n) is 13.6. The number of piperazine rings is 1. The molecule has 2 aliphatic rings. The summed E-state index contributed by atoms with van der Waals surface area (Å²) in [6, 6.07) is 12.1. The predicted octanol–water partition coefficient (Wildman–Crippen LogP) is 2.68. The van der Waals surface area contributed by atoms with Crippen LogP contribution in [0.3, 0.4) is 0 Å². The number of likely N-dealkylation sites (tertiary alicyclic amines) is 1. The van der Waals surface area contributed by atoms with Crippen molar-refractivity contribution in [1.29, 1.82) is 5.26 Å². The SMILES string of the molecule is CCn1nc2ccc(N3CCN(CC(=O)N4CC(O)C4)CC3)nc2c1N(C)c1nc(-c2ccc(F)cc2)c(C#N)s1. The Hall–Kier alpha value is -4.12. The zero-order valence-electron chi connectivity index (χ0n) is 22.9. The summed E-state index contributed by atoms with van der Waals surface area (Å²) in [7, 11) is 1.89. The number of β-amino-alcohol motifs (C(OH)–C–C–N with tert-alkyl or cyclic N) is 1. The van der Waals surface area contributed by atoms with Crippen LogP contribution in [0.5, 0.6) is 0 Å². The summed E-state index contributed by atoms with van der Waals surface area (Å²) in [5.41, 5.74) is 2.69. The minimum atomic E-state index is -0.390. The number of hydrogen-bond donors (Lipinski definition) is 1. The highest BCUT2D eigenvalue weighted by Crippen LogP contribution is 2.37. The Morgan fingerprint density at radius 2 is 1.88 bits per heavy atom. The van der Waals surface area contributed by atoms with Crippen molar-refractivity contribution in [2.45, 2.75) is 19.6 Å². The number of nitriles is 1. The van der Waals surface area contributed by atoms with Gasteiger partial charge >= 0.3 is 0 Å². The lowest BCUT2D eigenvalue weighted by atomic mass is 10.1. The topological polar surface area (TPSA) is 118 Å². The number of aliphatic hydroxyl groups is 1. The maximum atomic E-state index is 13.5. The van der Waals surface area contributed by atoms with Gasteiger partial charge in [-0.2, -0.15) is 10.4 Å². The molecular formula is C28H30FN9O2S. The van der Waals surface area contributed by atoms with E-state index in [9.17, 15) is 19.6 Å². The minimum Gasteiger partial charge on any atom is -0.389 e. The number of hydrogen-bond acceptors (Lipinski definition) is 10. The zero-order valence-corrected chi connectivity index (χ0v) is 23.7. The molecule has 5 heterocycles. The second-order valence-corrected chi connectivity index (χ2v) is 11.2. The first-order valence-corrected chi connectivity index (χ1v) is 14.4. The second kappa shape index (κ2) is 11.0. The third kappa shape index (κ3) is 5.21. The number of halogens is 1. The van der Waals surface area contributed by atoms with Gasteiger partial charge in [0, 0.05) is 58.4 Å². The lowest BCUT2D eigenvalue weighted by Crippen LogP contribution is -2.57. The van der Waals surface area contributed by atoms with Gasteiger partial charge in [0.15, 0.2) is 10.9 Å². The van der Waals surface area contributed by atoms with Crippen LogP contribution in [0.4, 0.5) is 21.2 Å². The highest BCUT2D eigenvalue weighted by atomic mass is 32.1. The van der Waals surface area contributed by atoms with E-state index in [2.05, 4.69) is 15.9 Å². The van der Waals surface area contributed by atoms with Gasteiger partial charge in [-0.3, -0.25) is 9.69 Å². The van der Waals surface area contributed by atoms with Crippen molar-refractivity contribution < 1.29 is 14.3 Å². The maximum Gasteiger partial charge on any atom is 0.236 e. The molecule has 0 unspecified atom stereocenters. The van der Waals surface area contributed by atoms with E-state index in [0.29, 0.717) is 47.4 Å². The Kier molecular flexibility index (Phi) is 7.29. The van der Waals surface area contributed by atoms with Crippen molar-refractivity contribution in [3.8, 4) is 17.3 Å². The highest BCUT2D eigenvalue weighted by molar-refractivity contribution is 7.16. The summed E-state index contributed by atoms with van der Waals surface area (Å²) >= 11 is 1.27. The lowest BCUT2D eigenvalue weighted by molar-refractivity contribution is -0.142. The van der Waals surface area contributed by atoms with E-state index in [4.69, 9.17) is 15.1 Å². The summed E-state index contributed by atoms with van der Waals surface area (Å²) in [4.78, 5) is 30.6. The number of carbonyl (C=O) groups is 1. The quantitative estimate of drug-likeness (QED) is 0.355. The van der Waals surface area contributed by atoms with Crippen LogP contribution in [0.25, 0.3) is 22.3 Å². The monoisotopic (exact) mass is 575 g/mol. The van der Waals surface area contributed by atoms with E-state index in [1.165, 1.54) is 23.5 Å². The Balaban J connectivity index is 1.24. The summed E-state index contributed by atoms with van der Waals surface area (Å²) in [5.74, 6) is 1.33. The molecule has 212 valence electrons. The van der Waals surface area contributed by atoms with Gasteiger partial charge in [-0.05, 0) is 43.3 Å². The highest BCUT2D eigenvalue weighted by Gasteiger charge is 2.31. The van der Waals surface area contributed by atoms with E-state index < -0.39 is 6.10 Å². The summed E-state index contributed by atoms with van der Waals surface area (Å²) < 4.78 is 15.4. The molecular weight excluding hydrogens is 545 g/mol. The van der Waals surface area contributed by atoms with E-state index in [1.54, 1.807) is 17.0 Å². The van der Waals surface area contributed by atoms with Crippen LogP contribution in [0.15, 0.2) is 36.4 Å². The number of carbonyl (C=O) groups excluding carboxylic acids is 1. The molecule has 3 aromatic heterocycles. The fraction of sp³-hybridized carbons (Fsp3) is 0.393. The Bertz CT molecular complexity index is 1620. The average Bonchev–Trinajstić information content (AvgIpc) is 3.57. The number of aromatic nitrogens is 4. The van der Waals surface area contributed by atoms with Crippen molar-refractivity contribution in [3.63, 3.8) is 0 Å². The number of rotatable bonds is 7. The molecule has 13 heteroatoms. The normalized spacial score (nSPS) is 16.2. The van der Waals surface area contributed by atoms with Gasteiger partial charge in [-0.15, -0.1) is 0 Å². The molecule has 2 fully saturated rings. The van der Waals surface area contributed by atoms with Crippen molar-refractivity contribution in [1.82, 2.24) is 29.5 Å². The molecule has 0 bridgehead atoms. The second-order valence-electron chi connectivity index (χ2n) is 10.2. The fourth-order valence-electron chi connectivity index (χ4n) is 5.22. The largest absolute Gasteiger partial charge is 0.389 e. The third-order valence-electron chi connectivity index (χ3n) is 7.55. The molecule has 0 spiro atoms. The van der Waals surface area contributed by atoms with Crippen LogP contribution in [0.1, 0.15) is 11.8 Å². The molecule has 41 heavy (non-hydrogen) atoms. The number of amides is 1. The van der Waals surface area contributed by atoms with Gasteiger partial charge in [-0.1, -0.05) is 11.3 Å². The maximum absolute atomic E-state index is 13.5. The molecule has 4 aromatic rings. The van der Waals surface area contributed by atoms with Crippen LogP contribution in [-0.2, 0) is 11.3 Å². The molecule has 0 radical (unpaired) electrons. The number of anilines is 3. The van der Waals surface area contributed by atoms with Gasteiger partial charge in [0.1, 0.15) is 39.3 Å². The van der Waals surface area contributed by atoms with Gasteiger partial charge in [-0.25, -0.2) is 19.0 Å². The first-order chi connectivity index (χ1) is 19.8. The van der Waals surface area contributed by atoms with Gasteiger partial charge in [0.25, 0.3) is 0 Å². The summed E-state index contributed by atoms with van der Waals surface area (Å²) in [6.45, 7) is 6.81. The summed E-state index contributed by atoms with van der Waals surface area (Å²) in [6.07, 6.45) is -0.390. The average molecular weight is 576 g/mol. The van der Waals surface area contributed by atoms with Crippen LogP contribution in [0, 0.1) is 17.1 Å². The molecule has 0 aliphatic carbocycles. The first kappa shape index (κ1) is 27.1. The molecule has 1 aromatic carbocycles. The molecule has 2 saturated heterocycles. The van der Waals surface area contributed by atoms with Gasteiger partial charge in [0.05, 0.1) is 12.6 Å². The van der Waals surface area contributed by atoms with E-state index in [0.717, 1.165) is 48.8 Å². The Morgan fingerprint density at radius 3 is 2.54 bits per heavy atom. The number of pyridine rings is 1. The van der Waals surface area contributed by atoms with Gasteiger partial charge in [0.2, 0.25) is 5.91 Å². The van der Waals surface area contributed by atoms with Crippen molar-refractivity contribution >= 4 is 45.0 Å². The lowest BCUT2D eigenvalue weighted by Gasteiger charge is -2.39. The Morgan fingerprint density at radius 1 is 1.15 bits per heavy atom. The van der Waals surface area contributed by atoms with E-state index in [1.807, 2.05) is 35.7 Å². The summed E-state index contributed by atoms with van der Waals surface area (Å²) in [5, 5.41) is 24.6. The van der Waals surface area contributed by atoms with E-state index in [-0.39, 0.29) is 11.7 Å². The van der Waals surface area contributed by atoms with E-state index >= 15 is 0 Å². The van der Waals surface area contributed by atoms with Crippen molar-refractivity contribution in [3.05, 3.63) is 47.1 Å². The number of aliphatic hydroxyl groups excluding tert-OH is 1. The molecule has 1 N–H and O–H groups in total. The number of thiazole rings is 1. The van der Waals surface area contributed by atoms with Gasteiger partial charge < -0.3 is 19.8 Å². The van der Waals surface area contributed by atoms with Crippen molar-refractivity contribution in [2.75, 3.05) is 62.7 Å². The fourth-order valence-corrected chi connectivity index (χ4v) is 6.07. The smallest absolute Gasteiger partial charge is 0.236 e. The van der Waals surface area contributed by atoms with Crippen LogP contribution in [-0.4, -0.2) is 99.5 Å². The predicted molar refractivity (Wildman–Crippen MR) is 155 cm³/mol. The number of fused-ring (bicyclic) bond motifs is 1. The molecule has 0 atom stereocenters. The molecule has 2 aliphatic heterocycles. The van der Waals surface area contributed by atoms with Crippen LogP contribution in [0.2, 0.25) is 0 Å². The number of benzene rings is 1. The number of aryl methyl sites for hydroxylation is 1. The molecule has 1 amide bonds. The van der Waals surface area contributed by atoms with Crippen LogP contribution < -0.4 is 9.80 Å². The molecule has 11 nitrogen and oxygen atoms in total. The molecule has 0 saturated carbocycles. The third-order valence-corrected chi connectivity index (χ3v) is 8.59. The standard InChI is InChI=1S/C28H30FN9O2S/c1-3-38-27(34(2)28-32-25(22(14-30)41-28)18-4-6-19(29)7-5-18)26-21(33-38)8-9-23(31-26)36-12-10-35(11-13-36)17-24(40)37-15-20(39)16-37/h4-9,20,39H,3,10-13,15-17H2,1-2H3. The van der Waals surface area contributed by atoms with Crippen molar-refractivity contribution in [2.24, 2.45) is 0 Å². The number of nitrogens with zero attached hydrogens (tertiary/aromatic N) is 9.